The van der Waals surface area contributed by atoms with E-state index in [1.165, 1.54) is 14.2 Å². The SMILES string of the molecule is C=CCO[C@@]12Oc3ccc(Oc4ccc(OC)c(C=O)c4)cc3[C@H]3[C@H](CCCCO)[C@@H](CCCCO)C=C(C(=NOC)C[C@@H]1N(Cc1ccc4c(c1)OCO4)C(=O)OCCCl)[C@H]32. The lowest BCUT2D eigenvalue weighted by atomic mass is 9.55. The number of carbonyl (C=O) groups is 2. The van der Waals surface area contributed by atoms with E-state index >= 15 is 0 Å². The van der Waals surface area contributed by atoms with Crippen molar-refractivity contribution in [3.05, 3.63) is 95.6 Å². The number of methoxy groups -OCH3 is 1. The van der Waals surface area contributed by atoms with Crippen LogP contribution in [0, 0.1) is 17.8 Å². The molecule has 0 unspecified atom stereocenters. The molecule has 2 aliphatic heterocycles. The fraction of sp³-hybridized carbons (Fsp3) is 0.468. The normalized spacial score (nSPS) is 23.6. The quantitative estimate of drug-likeness (QED) is 0.0348. The standard InChI is InChI=1S/C47H55ClN2O12/c1-4-20-60-47-43(50(46(54)57-21-17-48)27-30-11-14-41-42(22-30)59-29-58-41)26-38(49-56-3)36-24-31(9-5-7-18-51)35(10-6-8-19-52)44(45(36)47)37-25-34(13-16-40(37)62-47)61-33-12-15-39(55-2)32(23-33)28-53/h4,11-16,22-25,28,31,35,43-45,51-52H,1,5-10,17-21,26-27,29H2,2-3H3/t31-,35+,43-,44+,45+,47+/m0/s1. The molecule has 1 saturated carbocycles. The number of allylic oxidation sites excluding steroid dienone is 1. The molecule has 0 spiro atoms. The summed E-state index contributed by atoms with van der Waals surface area (Å²) in [4.78, 5) is 33.6. The Balaban J connectivity index is 1.43. The Morgan fingerprint density at radius 1 is 0.984 bits per heavy atom. The van der Waals surface area contributed by atoms with Crippen LogP contribution in [0.5, 0.6) is 34.5 Å². The molecule has 4 aliphatic rings. The van der Waals surface area contributed by atoms with Crippen LogP contribution in [0.2, 0.25) is 0 Å². The first-order valence-corrected chi connectivity index (χ1v) is 21.7. The van der Waals surface area contributed by atoms with Crippen LogP contribution < -0.4 is 23.7 Å². The molecule has 2 heterocycles. The van der Waals surface area contributed by atoms with E-state index in [-0.39, 0.29) is 69.8 Å². The number of amides is 1. The summed E-state index contributed by atoms with van der Waals surface area (Å²) in [6.07, 6.45) is 8.53. The van der Waals surface area contributed by atoms with Crippen molar-refractivity contribution in [2.45, 2.75) is 69.2 Å². The fourth-order valence-electron chi connectivity index (χ4n) is 9.57. The Morgan fingerprint density at radius 3 is 2.48 bits per heavy atom. The maximum atomic E-state index is 14.5. The van der Waals surface area contributed by atoms with Gasteiger partial charge in [0.1, 0.15) is 42.8 Å². The molecular weight excluding hydrogens is 820 g/mol. The van der Waals surface area contributed by atoms with E-state index in [1.54, 1.807) is 35.2 Å². The molecule has 1 amide bonds. The molecule has 1 fully saturated rings. The molecule has 0 aromatic heterocycles. The number of ether oxygens (including phenoxy) is 7. The van der Waals surface area contributed by atoms with Crippen molar-refractivity contribution in [2.24, 2.45) is 22.9 Å². The summed E-state index contributed by atoms with van der Waals surface area (Å²) in [5, 5.41) is 24.5. The number of aliphatic hydroxyl groups excluding tert-OH is 2. The molecule has 2 N–H and O–H groups in total. The molecule has 62 heavy (non-hydrogen) atoms. The van der Waals surface area contributed by atoms with E-state index < -0.39 is 23.8 Å². The summed E-state index contributed by atoms with van der Waals surface area (Å²) in [7, 11) is 3.00. The molecule has 3 aromatic rings. The summed E-state index contributed by atoms with van der Waals surface area (Å²) in [6.45, 7) is 4.36. The number of halogens is 1. The molecule has 6 atom stereocenters. The predicted molar refractivity (Wildman–Crippen MR) is 231 cm³/mol. The molecule has 0 bridgehead atoms. The third-order valence-corrected chi connectivity index (χ3v) is 12.3. The lowest BCUT2D eigenvalue weighted by Crippen LogP contribution is -2.70. The van der Waals surface area contributed by atoms with E-state index in [0.29, 0.717) is 58.6 Å². The smallest absolute Gasteiger partial charge is 0.410 e. The van der Waals surface area contributed by atoms with Crippen molar-refractivity contribution < 1.29 is 57.8 Å². The molecule has 7 rings (SSSR count). The summed E-state index contributed by atoms with van der Waals surface area (Å²) in [5.74, 6) is 0.817. The van der Waals surface area contributed by atoms with Gasteiger partial charge < -0.3 is 48.2 Å². The van der Waals surface area contributed by atoms with Crippen LogP contribution in [0.3, 0.4) is 0 Å². The molecule has 0 radical (unpaired) electrons. The second-order valence-electron chi connectivity index (χ2n) is 15.7. The number of hydrogen-bond acceptors (Lipinski definition) is 13. The van der Waals surface area contributed by atoms with Crippen molar-refractivity contribution in [1.82, 2.24) is 4.90 Å². The Labute approximate surface area is 366 Å². The summed E-state index contributed by atoms with van der Waals surface area (Å²) in [5.41, 5.74) is 3.48. The summed E-state index contributed by atoms with van der Waals surface area (Å²) >= 11 is 6.08. The number of hydrogen-bond donors (Lipinski definition) is 2. The van der Waals surface area contributed by atoms with Crippen LogP contribution in [0.4, 0.5) is 4.79 Å². The molecule has 0 saturated heterocycles. The van der Waals surface area contributed by atoms with Crippen LogP contribution in [-0.4, -0.2) is 98.4 Å². The Morgan fingerprint density at radius 2 is 1.74 bits per heavy atom. The van der Waals surface area contributed by atoms with Crippen molar-refractivity contribution in [1.29, 1.82) is 0 Å². The van der Waals surface area contributed by atoms with Gasteiger partial charge in [-0.15, -0.1) is 18.2 Å². The van der Waals surface area contributed by atoms with E-state index in [0.717, 1.165) is 48.7 Å². The number of benzene rings is 3. The first kappa shape index (κ1) is 44.8. The van der Waals surface area contributed by atoms with Gasteiger partial charge in [-0.05, 0) is 97.2 Å². The van der Waals surface area contributed by atoms with Gasteiger partial charge in [-0.2, -0.15) is 0 Å². The number of aliphatic hydroxyl groups is 2. The number of alkyl halides is 1. The van der Waals surface area contributed by atoms with Crippen LogP contribution in [0.15, 0.2) is 84.1 Å². The third-order valence-electron chi connectivity index (χ3n) is 12.1. The molecule has 14 nitrogen and oxygen atoms in total. The third kappa shape index (κ3) is 9.24. The maximum absolute atomic E-state index is 14.5. The van der Waals surface area contributed by atoms with Crippen LogP contribution in [-0.2, 0) is 20.9 Å². The van der Waals surface area contributed by atoms with E-state index in [4.69, 9.17) is 49.6 Å². The monoisotopic (exact) mass is 874 g/mol. The zero-order valence-electron chi connectivity index (χ0n) is 35.2. The number of carbonyl (C=O) groups excluding carboxylic acids is 2. The van der Waals surface area contributed by atoms with Gasteiger partial charge in [0.05, 0.1) is 36.8 Å². The molecular formula is C47H55ClN2O12. The number of oxime groups is 1. The second kappa shape index (κ2) is 20.7. The molecule has 332 valence electrons. The minimum Gasteiger partial charge on any atom is -0.496 e. The van der Waals surface area contributed by atoms with Gasteiger partial charge in [0.2, 0.25) is 12.6 Å². The Bertz CT molecular complexity index is 2130. The first-order valence-electron chi connectivity index (χ1n) is 21.1. The van der Waals surface area contributed by atoms with Crippen molar-refractivity contribution in [3.63, 3.8) is 0 Å². The second-order valence-corrected chi connectivity index (χ2v) is 16.1. The zero-order chi connectivity index (χ0) is 43.6. The lowest BCUT2D eigenvalue weighted by Gasteiger charge is -2.59. The van der Waals surface area contributed by atoms with Gasteiger partial charge in [0, 0.05) is 37.7 Å². The van der Waals surface area contributed by atoms with Crippen LogP contribution in [0.25, 0.3) is 0 Å². The van der Waals surface area contributed by atoms with Crippen molar-refractivity contribution in [3.8, 4) is 34.5 Å². The average molecular weight is 875 g/mol. The zero-order valence-corrected chi connectivity index (χ0v) is 35.9. The van der Waals surface area contributed by atoms with Gasteiger partial charge in [-0.3, -0.25) is 9.69 Å². The Kier molecular flexibility index (Phi) is 15.0. The predicted octanol–water partition coefficient (Wildman–Crippen LogP) is 8.17. The highest BCUT2D eigenvalue weighted by Crippen LogP contribution is 2.62. The topological polar surface area (TPSA) is 164 Å². The average Bonchev–Trinajstić information content (AvgIpc) is 3.76. The maximum Gasteiger partial charge on any atom is 0.410 e. The van der Waals surface area contributed by atoms with Crippen molar-refractivity contribution in [2.75, 3.05) is 53.3 Å². The summed E-state index contributed by atoms with van der Waals surface area (Å²) < 4.78 is 43.3. The van der Waals surface area contributed by atoms with Gasteiger partial charge in [-0.1, -0.05) is 36.2 Å². The number of rotatable bonds is 21. The number of nitrogens with zero attached hydrogens (tertiary/aromatic N) is 2. The van der Waals surface area contributed by atoms with Crippen LogP contribution in [0.1, 0.15) is 72.3 Å². The number of aldehydes is 1. The van der Waals surface area contributed by atoms with Gasteiger partial charge in [0.15, 0.2) is 17.8 Å². The van der Waals surface area contributed by atoms with Crippen LogP contribution >= 0.6 is 11.6 Å². The molecule has 15 heteroatoms. The van der Waals surface area contributed by atoms with E-state index in [2.05, 4.69) is 17.8 Å². The fourth-order valence-corrected chi connectivity index (χ4v) is 9.65. The minimum atomic E-state index is -1.52. The highest BCUT2D eigenvalue weighted by molar-refractivity contribution is 6.18. The molecule has 2 aliphatic carbocycles. The lowest BCUT2D eigenvalue weighted by molar-refractivity contribution is -0.256. The van der Waals surface area contributed by atoms with E-state index in [9.17, 15) is 19.8 Å². The highest BCUT2D eigenvalue weighted by Gasteiger charge is 2.65. The highest BCUT2D eigenvalue weighted by atomic mass is 35.5. The summed E-state index contributed by atoms with van der Waals surface area (Å²) in [6, 6.07) is 15.4. The van der Waals surface area contributed by atoms with Gasteiger partial charge in [0.25, 0.3) is 0 Å². The number of fused-ring (bicyclic) bond motifs is 3. The van der Waals surface area contributed by atoms with Gasteiger partial charge in [-0.25, -0.2) is 4.79 Å². The van der Waals surface area contributed by atoms with Crippen molar-refractivity contribution >= 4 is 29.7 Å². The Hall–Kier alpha value is -5.28. The first-order chi connectivity index (χ1) is 30.3. The number of unbranched alkanes of at least 4 members (excludes halogenated alkanes) is 2. The van der Waals surface area contributed by atoms with Gasteiger partial charge >= 0.3 is 6.09 Å². The molecule has 3 aromatic carbocycles. The van der Waals surface area contributed by atoms with E-state index in [1.807, 2.05) is 30.3 Å². The minimum absolute atomic E-state index is 0.0192. The largest absolute Gasteiger partial charge is 0.496 e.